The lowest BCUT2D eigenvalue weighted by atomic mass is 10.2. The number of phenols is 1. The number of aliphatic imine (C=N–C) groups is 1. The van der Waals surface area contributed by atoms with E-state index in [1.165, 1.54) is 0 Å². The van der Waals surface area contributed by atoms with Gasteiger partial charge >= 0.3 is 0 Å². The number of aromatic nitrogens is 2. The van der Waals surface area contributed by atoms with Crippen molar-refractivity contribution in [3.8, 4) is 5.75 Å². The smallest absolute Gasteiger partial charge is 0.230 e. The second-order valence-electron chi connectivity index (χ2n) is 5.49. The first-order chi connectivity index (χ1) is 11.6. The highest BCUT2D eigenvalue weighted by molar-refractivity contribution is 9.11. The summed E-state index contributed by atoms with van der Waals surface area (Å²) in [5.41, 5.74) is 2.64. The van der Waals surface area contributed by atoms with Crippen molar-refractivity contribution in [2.24, 2.45) is 4.99 Å². The van der Waals surface area contributed by atoms with Crippen molar-refractivity contribution in [2.75, 3.05) is 0 Å². The topological polar surface area (TPSA) is 50.4 Å². The van der Waals surface area contributed by atoms with Crippen molar-refractivity contribution >= 4 is 55.1 Å². The van der Waals surface area contributed by atoms with E-state index < -0.39 is 0 Å². The number of halogens is 2. The van der Waals surface area contributed by atoms with E-state index in [4.69, 9.17) is 0 Å². The van der Waals surface area contributed by atoms with Gasteiger partial charge in [0.1, 0.15) is 5.75 Å². The standard InChI is InChI=1S/C18H17Br2N3O/c1-2-3-8-23-16-7-5-4-6-15(16)22-18(23)21-11-12-9-13(19)10-14(20)17(12)24/h4-7,9-11,24H,2-3,8H2,1H3/b21-11+. The van der Waals surface area contributed by atoms with Crippen LogP contribution in [0.4, 0.5) is 5.95 Å². The molecule has 4 nitrogen and oxygen atoms in total. The first-order valence-electron chi connectivity index (χ1n) is 7.77. The van der Waals surface area contributed by atoms with Gasteiger partial charge in [-0.15, -0.1) is 0 Å². The molecule has 0 amide bonds. The van der Waals surface area contributed by atoms with Crippen molar-refractivity contribution in [3.05, 3.63) is 50.9 Å². The first kappa shape index (κ1) is 17.2. The van der Waals surface area contributed by atoms with Gasteiger partial charge in [0, 0.05) is 22.8 Å². The second-order valence-corrected chi connectivity index (χ2v) is 7.26. The summed E-state index contributed by atoms with van der Waals surface area (Å²) in [6.45, 7) is 3.04. The quantitative estimate of drug-likeness (QED) is 0.498. The lowest BCUT2D eigenvalue weighted by Gasteiger charge is -2.06. The van der Waals surface area contributed by atoms with Gasteiger partial charge in [-0.25, -0.2) is 9.98 Å². The van der Waals surface area contributed by atoms with Crippen LogP contribution in [0.1, 0.15) is 25.3 Å². The molecule has 0 saturated carbocycles. The SMILES string of the molecule is CCCCn1c(/N=C/c2cc(Br)cc(Br)c2O)nc2ccccc21. The molecule has 2 aromatic carbocycles. The highest BCUT2D eigenvalue weighted by Gasteiger charge is 2.10. The van der Waals surface area contributed by atoms with Crippen molar-refractivity contribution in [1.29, 1.82) is 0 Å². The third-order valence-corrected chi connectivity index (χ3v) is 4.81. The molecule has 0 atom stereocenters. The third-order valence-electron chi connectivity index (χ3n) is 3.75. The van der Waals surface area contributed by atoms with Crippen LogP contribution in [-0.2, 0) is 6.54 Å². The van der Waals surface area contributed by atoms with Crippen LogP contribution in [0.15, 0.2) is 50.3 Å². The lowest BCUT2D eigenvalue weighted by Crippen LogP contribution is -1.97. The Kier molecular flexibility index (Phi) is 5.36. The maximum absolute atomic E-state index is 10.2. The molecule has 6 heteroatoms. The van der Waals surface area contributed by atoms with E-state index in [0.29, 0.717) is 16.0 Å². The summed E-state index contributed by atoms with van der Waals surface area (Å²) >= 11 is 6.76. The van der Waals surface area contributed by atoms with Crippen molar-refractivity contribution < 1.29 is 5.11 Å². The van der Waals surface area contributed by atoms with Crippen LogP contribution in [0.5, 0.6) is 5.75 Å². The fourth-order valence-corrected chi connectivity index (χ4v) is 3.77. The van der Waals surface area contributed by atoms with Crippen LogP contribution in [0, 0.1) is 0 Å². The zero-order valence-electron chi connectivity index (χ0n) is 13.2. The number of benzene rings is 2. The van der Waals surface area contributed by atoms with E-state index in [2.05, 4.69) is 59.4 Å². The molecule has 0 bridgehead atoms. The molecular formula is C18H17Br2N3O. The molecule has 0 saturated heterocycles. The van der Waals surface area contributed by atoms with Crippen molar-refractivity contribution in [1.82, 2.24) is 9.55 Å². The van der Waals surface area contributed by atoms with Crippen LogP contribution in [-0.4, -0.2) is 20.9 Å². The van der Waals surface area contributed by atoms with Gasteiger partial charge in [-0.3, -0.25) is 0 Å². The van der Waals surface area contributed by atoms with Crippen LogP contribution < -0.4 is 0 Å². The number of para-hydroxylation sites is 2. The molecule has 0 spiro atoms. The van der Waals surface area contributed by atoms with Crippen molar-refractivity contribution in [3.63, 3.8) is 0 Å². The van der Waals surface area contributed by atoms with E-state index in [0.717, 1.165) is 34.9 Å². The largest absolute Gasteiger partial charge is 0.506 e. The zero-order chi connectivity index (χ0) is 17.1. The summed E-state index contributed by atoms with van der Waals surface area (Å²) in [5.74, 6) is 0.818. The molecule has 0 fully saturated rings. The minimum absolute atomic E-state index is 0.165. The predicted molar refractivity (Wildman–Crippen MR) is 105 cm³/mol. The molecule has 0 unspecified atom stereocenters. The van der Waals surface area contributed by atoms with Gasteiger partial charge in [0.25, 0.3) is 0 Å². The van der Waals surface area contributed by atoms with Crippen LogP contribution in [0.25, 0.3) is 11.0 Å². The normalized spacial score (nSPS) is 11.6. The maximum Gasteiger partial charge on any atom is 0.230 e. The summed E-state index contributed by atoms with van der Waals surface area (Å²) in [6, 6.07) is 11.7. The van der Waals surface area contributed by atoms with Crippen LogP contribution in [0.3, 0.4) is 0 Å². The molecule has 124 valence electrons. The number of hydrogen-bond acceptors (Lipinski definition) is 3. The number of phenolic OH excluding ortho intramolecular Hbond substituents is 1. The third kappa shape index (κ3) is 3.54. The highest BCUT2D eigenvalue weighted by atomic mass is 79.9. The zero-order valence-corrected chi connectivity index (χ0v) is 16.4. The Morgan fingerprint density at radius 2 is 2.04 bits per heavy atom. The minimum Gasteiger partial charge on any atom is -0.506 e. The molecule has 1 aromatic heterocycles. The van der Waals surface area contributed by atoms with Gasteiger partial charge in [-0.2, -0.15) is 0 Å². The Balaban J connectivity index is 2.03. The van der Waals surface area contributed by atoms with E-state index in [-0.39, 0.29) is 5.75 Å². The molecule has 3 rings (SSSR count). The number of hydrogen-bond donors (Lipinski definition) is 1. The van der Waals surface area contributed by atoms with E-state index in [1.54, 1.807) is 12.3 Å². The monoisotopic (exact) mass is 449 g/mol. The summed E-state index contributed by atoms with van der Waals surface area (Å²) in [5, 5.41) is 10.2. The number of imidazole rings is 1. The second kappa shape index (κ2) is 7.49. The summed E-state index contributed by atoms with van der Waals surface area (Å²) in [4.78, 5) is 9.15. The summed E-state index contributed by atoms with van der Waals surface area (Å²) < 4.78 is 3.62. The number of aromatic hydroxyl groups is 1. The Bertz CT molecular complexity index is 903. The number of unbranched alkanes of at least 4 members (excludes halogenated alkanes) is 1. The van der Waals surface area contributed by atoms with Crippen LogP contribution in [0.2, 0.25) is 0 Å². The van der Waals surface area contributed by atoms with Crippen LogP contribution >= 0.6 is 31.9 Å². The average molecular weight is 451 g/mol. The molecule has 0 aliphatic carbocycles. The number of nitrogens with zero attached hydrogens (tertiary/aromatic N) is 3. The van der Waals surface area contributed by atoms with Gasteiger partial charge in [0.15, 0.2) is 0 Å². The predicted octanol–water partition coefficient (Wildman–Crippen LogP) is 5.82. The molecule has 0 aliphatic rings. The van der Waals surface area contributed by atoms with Gasteiger partial charge < -0.3 is 9.67 Å². The molecule has 24 heavy (non-hydrogen) atoms. The molecule has 1 N–H and O–H groups in total. The van der Waals surface area contributed by atoms with Gasteiger partial charge in [-0.05, 0) is 46.6 Å². The highest BCUT2D eigenvalue weighted by Crippen LogP contribution is 2.31. The first-order valence-corrected chi connectivity index (χ1v) is 9.36. The fraction of sp³-hybridized carbons (Fsp3) is 0.222. The molecule has 0 aliphatic heterocycles. The van der Waals surface area contributed by atoms with Crippen molar-refractivity contribution in [2.45, 2.75) is 26.3 Å². The van der Waals surface area contributed by atoms with Gasteiger partial charge in [0.05, 0.1) is 15.5 Å². The molecule has 0 radical (unpaired) electrons. The maximum atomic E-state index is 10.2. The Morgan fingerprint density at radius 1 is 1.25 bits per heavy atom. The number of fused-ring (bicyclic) bond motifs is 1. The lowest BCUT2D eigenvalue weighted by molar-refractivity contribution is 0.471. The number of rotatable bonds is 5. The van der Waals surface area contributed by atoms with Gasteiger partial charge in [-0.1, -0.05) is 41.4 Å². The van der Waals surface area contributed by atoms with E-state index in [1.807, 2.05) is 24.3 Å². The Labute approximate surface area is 157 Å². The molecule has 3 aromatic rings. The van der Waals surface area contributed by atoms with E-state index in [9.17, 15) is 5.11 Å². The fourth-order valence-electron chi connectivity index (χ4n) is 2.51. The van der Waals surface area contributed by atoms with E-state index >= 15 is 0 Å². The summed E-state index contributed by atoms with van der Waals surface area (Å²) in [6.07, 6.45) is 3.82. The molecule has 1 heterocycles. The average Bonchev–Trinajstić information content (AvgIpc) is 2.92. The van der Waals surface area contributed by atoms with Gasteiger partial charge in [0.2, 0.25) is 5.95 Å². The summed E-state index contributed by atoms with van der Waals surface area (Å²) in [7, 11) is 0. The number of aryl methyl sites for hydroxylation is 1. The Hall–Kier alpha value is -1.66. The minimum atomic E-state index is 0.165. The Morgan fingerprint density at radius 3 is 2.83 bits per heavy atom. The molecular weight excluding hydrogens is 434 g/mol.